The lowest BCUT2D eigenvalue weighted by Crippen LogP contribution is -1.97. The number of nitrogens with zero attached hydrogens (tertiary/aromatic N) is 4. The molecule has 0 bridgehead atoms. The van der Waals surface area contributed by atoms with E-state index in [-0.39, 0.29) is 0 Å². The van der Waals surface area contributed by atoms with Crippen molar-refractivity contribution in [1.82, 2.24) is 0 Å². The van der Waals surface area contributed by atoms with Crippen molar-refractivity contribution >= 4 is 43.1 Å². The Labute approximate surface area is 172 Å². The van der Waals surface area contributed by atoms with E-state index >= 15 is 0 Å². The second-order valence-corrected chi connectivity index (χ2v) is 7.50. The van der Waals surface area contributed by atoms with Crippen LogP contribution >= 0.6 is 0 Å². The number of fused-ring (bicyclic) bond motifs is 2. The van der Waals surface area contributed by atoms with Gasteiger partial charge in [-0.05, 0) is 60.0 Å². The fraction of sp³-hybridized carbons (Fsp3) is 0.0769. The maximum Gasteiger partial charge on any atom is 0.0998 e. The van der Waals surface area contributed by atoms with Gasteiger partial charge in [0.1, 0.15) is 0 Å². The molecule has 0 unspecified atom stereocenters. The largest absolute Gasteiger partial charge is 0.192 e. The van der Waals surface area contributed by atoms with Crippen molar-refractivity contribution in [3.05, 3.63) is 69.8 Å². The van der Waals surface area contributed by atoms with Crippen molar-refractivity contribution in [2.75, 3.05) is 0 Å². The number of hydrogen-bond acceptors (Lipinski definition) is 4. The van der Waals surface area contributed by atoms with Gasteiger partial charge < -0.3 is 0 Å². The SMILES string of the molecule is Cc1cc(C#N)c2c3ccc(C#N)c4c(C)cc(C#N)c(c5ccc(C#N)c1c52)c43. The van der Waals surface area contributed by atoms with E-state index in [1.54, 1.807) is 12.1 Å². The molecule has 5 aromatic carbocycles. The number of benzene rings is 5. The van der Waals surface area contributed by atoms with Gasteiger partial charge in [0.2, 0.25) is 0 Å². The third-order valence-electron chi connectivity index (χ3n) is 5.98. The second kappa shape index (κ2) is 5.93. The molecule has 0 amide bonds. The predicted octanol–water partition coefficient (Wildman–Crippen LogP) is 5.84. The molecule has 0 saturated carbocycles. The van der Waals surface area contributed by atoms with E-state index in [2.05, 4.69) is 24.3 Å². The standard InChI is InChI=1S/C26H12N4/c1-13-7-17(11-29)23-20-6-4-16(10-28)22-14(2)8-18(12-30)24(26(20)22)19-5-3-15(9-27)21(13)25(19)23/h3-8H,1-2H3. The highest BCUT2D eigenvalue weighted by Gasteiger charge is 2.22. The van der Waals surface area contributed by atoms with E-state index in [1.165, 1.54) is 0 Å². The summed E-state index contributed by atoms with van der Waals surface area (Å²) in [6.07, 6.45) is 0. The fourth-order valence-electron chi connectivity index (χ4n) is 4.87. The quantitative estimate of drug-likeness (QED) is 0.249. The summed E-state index contributed by atoms with van der Waals surface area (Å²) in [5.74, 6) is 0. The topological polar surface area (TPSA) is 95.2 Å². The molecule has 5 rings (SSSR count). The van der Waals surface area contributed by atoms with Crippen LogP contribution in [0.2, 0.25) is 0 Å². The molecule has 0 saturated heterocycles. The van der Waals surface area contributed by atoms with Crippen molar-refractivity contribution in [2.45, 2.75) is 13.8 Å². The van der Waals surface area contributed by atoms with Crippen molar-refractivity contribution in [2.24, 2.45) is 0 Å². The summed E-state index contributed by atoms with van der Waals surface area (Å²) < 4.78 is 0. The van der Waals surface area contributed by atoms with Crippen molar-refractivity contribution in [3.8, 4) is 24.3 Å². The molecule has 0 spiro atoms. The molecule has 136 valence electrons. The summed E-state index contributed by atoms with van der Waals surface area (Å²) in [4.78, 5) is 0. The van der Waals surface area contributed by atoms with Gasteiger partial charge >= 0.3 is 0 Å². The van der Waals surface area contributed by atoms with E-state index in [0.29, 0.717) is 22.3 Å². The lowest BCUT2D eigenvalue weighted by atomic mass is 9.82. The first kappa shape index (κ1) is 17.5. The average molecular weight is 380 g/mol. The summed E-state index contributed by atoms with van der Waals surface area (Å²) in [5.41, 5.74) is 3.82. The first-order chi connectivity index (χ1) is 14.5. The summed E-state index contributed by atoms with van der Waals surface area (Å²) >= 11 is 0. The Morgan fingerprint density at radius 3 is 1.17 bits per heavy atom. The number of rotatable bonds is 0. The van der Waals surface area contributed by atoms with Gasteiger partial charge in [0.25, 0.3) is 0 Å². The maximum absolute atomic E-state index is 9.91. The van der Waals surface area contributed by atoms with Gasteiger partial charge in [0, 0.05) is 32.3 Å². The summed E-state index contributed by atoms with van der Waals surface area (Å²) in [6, 6.07) is 20.0. The van der Waals surface area contributed by atoms with Crippen LogP contribution in [0.4, 0.5) is 0 Å². The van der Waals surface area contributed by atoms with Gasteiger partial charge in [-0.25, -0.2) is 0 Å². The highest BCUT2D eigenvalue weighted by Crippen LogP contribution is 2.45. The smallest absolute Gasteiger partial charge is 0.0998 e. The van der Waals surface area contributed by atoms with Crippen molar-refractivity contribution < 1.29 is 0 Å². The molecular formula is C26H12N4. The number of aryl methyl sites for hydroxylation is 2. The third-order valence-corrected chi connectivity index (χ3v) is 5.98. The Morgan fingerprint density at radius 1 is 0.467 bits per heavy atom. The molecule has 4 heteroatoms. The first-order valence-electron chi connectivity index (χ1n) is 9.37. The molecule has 0 N–H and O–H groups in total. The summed E-state index contributed by atoms with van der Waals surface area (Å²) in [7, 11) is 0. The van der Waals surface area contributed by atoms with Gasteiger partial charge in [-0.15, -0.1) is 0 Å². The lowest BCUT2D eigenvalue weighted by Gasteiger charge is -2.19. The Balaban J connectivity index is 2.33. The molecule has 0 heterocycles. The van der Waals surface area contributed by atoms with Crippen LogP contribution < -0.4 is 0 Å². The van der Waals surface area contributed by atoms with Crippen LogP contribution in [-0.4, -0.2) is 0 Å². The minimum absolute atomic E-state index is 0.521. The minimum atomic E-state index is 0.521. The zero-order chi connectivity index (χ0) is 21.2. The first-order valence-corrected chi connectivity index (χ1v) is 9.37. The normalized spacial score (nSPS) is 10.9. The highest BCUT2D eigenvalue weighted by molar-refractivity contribution is 6.36. The van der Waals surface area contributed by atoms with Crippen molar-refractivity contribution in [1.29, 1.82) is 21.0 Å². The van der Waals surface area contributed by atoms with E-state index < -0.39 is 0 Å². The van der Waals surface area contributed by atoms with Crippen LogP contribution in [0.1, 0.15) is 33.4 Å². The lowest BCUT2D eigenvalue weighted by molar-refractivity contribution is 1.45. The number of hydrogen-bond donors (Lipinski definition) is 0. The zero-order valence-corrected chi connectivity index (χ0v) is 16.3. The van der Waals surface area contributed by atoms with Crippen LogP contribution in [-0.2, 0) is 0 Å². The summed E-state index contributed by atoms with van der Waals surface area (Å²) in [6.45, 7) is 3.80. The molecule has 0 aliphatic carbocycles. The highest BCUT2D eigenvalue weighted by atomic mass is 14.3. The molecular weight excluding hydrogens is 368 g/mol. The monoisotopic (exact) mass is 380 g/mol. The Morgan fingerprint density at radius 2 is 0.833 bits per heavy atom. The van der Waals surface area contributed by atoms with Gasteiger partial charge in [0.05, 0.1) is 46.5 Å². The zero-order valence-electron chi connectivity index (χ0n) is 16.3. The third kappa shape index (κ3) is 1.95. The van der Waals surface area contributed by atoms with Crippen molar-refractivity contribution in [3.63, 3.8) is 0 Å². The molecule has 0 aromatic heterocycles. The van der Waals surface area contributed by atoms with Crippen LogP contribution in [0.25, 0.3) is 43.1 Å². The van der Waals surface area contributed by atoms with Crippen LogP contribution in [0, 0.1) is 59.2 Å². The van der Waals surface area contributed by atoms with E-state index in [0.717, 1.165) is 54.2 Å². The van der Waals surface area contributed by atoms with Gasteiger partial charge in [-0.3, -0.25) is 0 Å². The van der Waals surface area contributed by atoms with Gasteiger partial charge in [-0.2, -0.15) is 21.0 Å². The molecule has 0 aliphatic rings. The van der Waals surface area contributed by atoms with Crippen LogP contribution in [0.15, 0.2) is 36.4 Å². The number of nitriles is 4. The molecule has 4 nitrogen and oxygen atoms in total. The van der Waals surface area contributed by atoms with E-state index in [4.69, 9.17) is 0 Å². The van der Waals surface area contributed by atoms with Crippen LogP contribution in [0.3, 0.4) is 0 Å². The van der Waals surface area contributed by atoms with Gasteiger partial charge in [-0.1, -0.05) is 12.1 Å². The Hall–Kier alpha value is -4.64. The summed E-state index contributed by atoms with van der Waals surface area (Å²) in [5, 5.41) is 45.7. The molecule has 0 fully saturated rings. The second-order valence-electron chi connectivity index (χ2n) is 7.50. The maximum atomic E-state index is 9.91. The molecule has 5 aromatic rings. The molecule has 30 heavy (non-hydrogen) atoms. The Bertz CT molecular complexity index is 1610. The Kier molecular flexibility index (Phi) is 3.45. The minimum Gasteiger partial charge on any atom is -0.192 e. The van der Waals surface area contributed by atoms with Crippen LogP contribution in [0.5, 0.6) is 0 Å². The van der Waals surface area contributed by atoms with E-state index in [1.807, 2.05) is 38.1 Å². The predicted molar refractivity (Wildman–Crippen MR) is 116 cm³/mol. The van der Waals surface area contributed by atoms with E-state index in [9.17, 15) is 21.0 Å². The average Bonchev–Trinajstić information content (AvgIpc) is 2.77. The molecule has 0 aliphatic heterocycles. The fourth-order valence-corrected chi connectivity index (χ4v) is 4.87. The van der Waals surface area contributed by atoms with Gasteiger partial charge in [0.15, 0.2) is 0 Å². The molecule has 0 radical (unpaired) electrons. The molecule has 0 atom stereocenters.